The highest BCUT2D eigenvalue weighted by atomic mass is 28.3. The summed E-state index contributed by atoms with van der Waals surface area (Å²) in [5, 5.41) is 1.80. The first-order valence-corrected chi connectivity index (χ1v) is 8.16. The lowest BCUT2D eigenvalue weighted by Crippen LogP contribution is -2.20. The molecule has 0 aliphatic heterocycles. The van der Waals surface area contributed by atoms with Crippen molar-refractivity contribution < 1.29 is 0 Å². The van der Waals surface area contributed by atoms with E-state index in [0.717, 1.165) is 11.8 Å². The molecule has 0 amide bonds. The molecule has 0 saturated heterocycles. The molecule has 0 fully saturated rings. The molecule has 0 bridgehead atoms. The molecule has 1 aliphatic carbocycles. The van der Waals surface area contributed by atoms with E-state index < -0.39 is 8.80 Å². The second-order valence-corrected chi connectivity index (χ2v) is 8.41. The van der Waals surface area contributed by atoms with Crippen LogP contribution in [0, 0.1) is 11.8 Å². The molecule has 0 N–H and O–H groups in total. The molecule has 1 aliphatic rings. The van der Waals surface area contributed by atoms with E-state index in [0.29, 0.717) is 0 Å². The molecular formula is C13H24Si. The summed E-state index contributed by atoms with van der Waals surface area (Å²) < 4.78 is 0. The molecule has 0 aromatic rings. The molecule has 80 valence electrons. The summed E-state index contributed by atoms with van der Waals surface area (Å²) in [6.45, 7) is 9.46. The SMILES string of the molecule is CC(C)C[SiH](CC(C)C)C1=CC=CC1. The first kappa shape index (κ1) is 11.8. The van der Waals surface area contributed by atoms with Crippen LogP contribution in [0.3, 0.4) is 0 Å². The average molecular weight is 208 g/mol. The Balaban J connectivity index is 2.52. The van der Waals surface area contributed by atoms with Crippen molar-refractivity contribution in [2.24, 2.45) is 11.8 Å². The van der Waals surface area contributed by atoms with Crippen LogP contribution in [0.25, 0.3) is 0 Å². The van der Waals surface area contributed by atoms with E-state index in [9.17, 15) is 0 Å². The highest BCUT2D eigenvalue weighted by molar-refractivity contribution is 6.67. The maximum atomic E-state index is 2.39. The molecule has 0 spiro atoms. The lowest BCUT2D eigenvalue weighted by Gasteiger charge is -2.20. The number of rotatable bonds is 5. The standard InChI is InChI=1S/C13H24Si/c1-11(2)9-14(10-12(3)4)13-7-5-6-8-13/h5-7,11-12,14H,8-10H2,1-4H3. The molecule has 0 saturated carbocycles. The smallest absolute Gasteiger partial charge is 0.0665 e. The first-order valence-electron chi connectivity index (χ1n) is 5.95. The highest BCUT2D eigenvalue weighted by Crippen LogP contribution is 2.25. The van der Waals surface area contributed by atoms with Crippen molar-refractivity contribution >= 4 is 8.80 Å². The van der Waals surface area contributed by atoms with Crippen LogP contribution in [0.1, 0.15) is 34.1 Å². The van der Waals surface area contributed by atoms with Gasteiger partial charge in [0.25, 0.3) is 0 Å². The summed E-state index contributed by atoms with van der Waals surface area (Å²) in [6.07, 6.45) is 8.21. The molecule has 0 heterocycles. The van der Waals surface area contributed by atoms with Gasteiger partial charge in [0.15, 0.2) is 0 Å². The minimum absolute atomic E-state index is 0.603. The van der Waals surface area contributed by atoms with E-state index >= 15 is 0 Å². The normalized spacial score (nSPS) is 16.1. The lowest BCUT2D eigenvalue weighted by atomic mass is 10.3. The van der Waals surface area contributed by atoms with Crippen molar-refractivity contribution in [1.82, 2.24) is 0 Å². The van der Waals surface area contributed by atoms with Gasteiger partial charge in [0.05, 0.1) is 8.80 Å². The topological polar surface area (TPSA) is 0 Å². The summed E-state index contributed by atoms with van der Waals surface area (Å²) >= 11 is 0. The van der Waals surface area contributed by atoms with Crippen LogP contribution in [0.5, 0.6) is 0 Å². The van der Waals surface area contributed by atoms with Crippen molar-refractivity contribution in [1.29, 1.82) is 0 Å². The van der Waals surface area contributed by atoms with Gasteiger partial charge in [-0.05, 0) is 18.3 Å². The fourth-order valence-electron chi connectivity index (χ4n) is 2.30. The van der Waals surface area contributed by atoms with Crippen molar-refractivity contribution in [3.8, 4) is 0 Å². The van der Waals surface area contributed by atoms with Crippen molar-refractivity contribution in [2.45, 2.75) is 46.2 Å². The zero-order chi connectivity index (χ0) is 10.6. The van der Waals surface area contributed by atoms with Crippen LogP contribution >= 0.6 is 0 Å². The molecule has 0 aromatic carbocycles. The third-order valence-corrected chi connectivity index (χ3v) is 7.34. The van der Waals surface area contributed by atoms with Gasteiger partial charge >= 0.3 is 0 Å². The maximum Gasteiger partial charge on any atom is 0.0665 e. The Kier molecular flexibility index (Phi) is 4.66. The van der Waals surface area contributed by atoms with E-state index in [4.69, 9.17) is 0 Å². The number of allylic oxidation sites excluding steroid dienone is 4. The van der Waals surface area contributed by atoms with Crippen molar-refractivity contribution in [3.05, 3.63) is 23.4 Å². The maximum absolute atomic E-state index is 2.39. The van der Waals surface area contributed by atoms with Gasteiger partial charge in [0.2, 0.25) is 0 Å². The quantitative estimate of drug-likeness (QED) is 0.600. The van der Waals surface area contributed by atoms with Gasteiger partial charge in [0, 0.05) is 0 Å². The molecular weight excluding hydrogens is 184 g/mol. The van der Waals surface area contributed by atoms with Gasteiger partial charge in [-0.1, -0.05) is 63.2 Å². The molecule has 0 unspecified atom stereocenters. The minimum atomic E-state index is -0.603. The molecule has 1 heteroatoms. The van der Waals surface area contributed by atoms with Gasteiger partial charge in [0.1, 0.15) is 0 Å². The second kappa shape index (κ2) is 5.55. The van der Waals surface area contributed by atoms with Crippen LogP contribution in [0.4, 0.5) is 0 Å². The Labute approximate surface area is 90.7 Å². The first-order chi connectivity index (χ1) is 6.59. The zero-order valence-corrected chi connectivity index (χ0v) is 11.2. The molecule has 0 aromatic heterocycles. The summed E-state index contributed by atoms with van der Waals surface area (Å²) in [5.41, 5.74) is 0. The molecule has 0 atom stereocenters. The van der Waals surface area contributed by atoms with Gasteiger partial charge in [-0.15, -0.1) is 0 Å². The molecule has 14 heavy (non-hydrogen) atoms. The molecule has 0 radical (unpaired) electrons. The summed E-state index contributed by atoms with van der Waals surface area (Å²) in [5.74, 6) is 1.76. The van der Waals surface area contributed by atoms with Crippen LogP contribution in [0.2, 0.25) is 12.1 Å². The van der Waals surface area contributed by atoms with Crippen LogP contribution < -0.4 is 0 Å². The fraction of sp³-hybridized carbons (Fsp3) is 0.692. The average Bonchev–Trinajstić information content (AvgIpc) is 2.52. The minimum Gasteiger partial charge on any atom is -0.0809 e. The van der Waals surface area contributed by atoms with Crippen molar-refractivity contribution in [3.63, 3.8) is 0 Å². The van der Waals surface area contributed by atoms with Crippen molar-refractivity contribution in [2.75, 3.05) is 0 Å². The summed E-state index contributed by atoms with van der Waals surface area (Å²) in [6, 6.07) is 2.98. The third-order valence-electron chi connectivity index (χ3n) is 2.84. The lowest BCUT2D eigenvalue weighted by molar-refractivity contribution is 0.691. The van der Waals surface area contributed by atoms with E-state index in [-0.39, 0.29) is 0 Å². The van der Waals surface area contributed by atoms with E-state index in [1.165, 1.54) is 18.5 Å². The Hall–Kier alpha value is -0.303. The highest BCUT2D eigenvalue weighted by Gasteiger charge is 2.19. The molecule has 1 rings (SSSR count). The predicted molar refractivity (Wildman–Crippen MR) is 68.3 cm³/mol. The molecule has 0 nitrogen and oxygen atoms in total. The monoisotopic (exact) mass is 208 g/mol. The largest absolute Gasteiger partial charge is 0.0809 e. The van der Waals surface area contributed by atoms with Gasteiger partial charge < -0.3 is 0 Å². The Morgan fingerprint density at radius 2 is 1.71 bits per heavy atom. The van der Waals surface area contributed by atoms with Gasteiger partial charge in [-0.25, -0.2) is 0 Å². The summed E-state index contributed by atoms with van der Waals surface area (Å²) in [7, 11) is -0.603. The van der Waals surface area contributed by atoms with Gasteiger partial charge in [-0.2, -0.15) is 0 Å². The predicted octanol–water partition coefficient (Wildman–Crippen LogP) is 3.95. The Bertz CT molecular complexity index is 213. The van der Waals surface area contributed by atoms with E-state index in [2.05, 4.69) is 45.9 Å². The third kappa shape index (κ3) is 3.83. The van der Waals surface area contributed by atoms with E-state index in [1.807, 2.05) is 0 Å². The fourth-order valence-corrected chi connectivity index (χ4v) is 6.23. The number of hydrogen-bond donors (Lipinski definition) is 0. The Morgan fingerprint density at radius 1 is 1.14 bits per heavy atom. The number of hydrogen-bond acceptors (Lipinski definition) is 0. The van der Waals surface area contributed by atoms with Crippen LogP contribution in [0.15, 0.2) is 23.4 Å². The van der Waals surface area contributed by atoms with Crippen LogP contribution in [-0.2, 0) is 0 Å². The Morgan fingerprint density at radius 3 is 2.07 bits per heavy atom. The van der Waals surface area contributed by atoms with Crippen LogP contribution in [-0.4, -0.2) is 8.80 Å². The summed E-state index contributed by atoms with van der Waals surface area (Å²) in [4.78, 5) is 0. The van der Waals surface area contributed by atoms with Gasteiger partial charge in [-0.3, -0.25) is 0 Å². The zero-order valence-electron chi connectivity index (χ0n) is 10.1. The van der Waals surface area contributed by atoms with E-state index in [1.54, 1.807) is 5.20 Å². The second-order valence-electron chi connectivity index (χ2n) is 5.33.